The molecule has 1 atom stereocenters. The third kappa shape index (κ3) is 5.10. The molecule has 0 aliphatic heterocycles. The smallest absolute Gasteiger partial charge is 0.262 e. The van der Waals surface area contributed by atoms with Gasteiger partial charge in [-0.1, -0.05) is 25.7 Å². The van der Waals surface area contributed by atoms with E-state index in [1.54, 1.807) is 18.5 Å². The summed E-state index contributed by atoms with van der Waals surface area (Å²) in [6, 6.07) is 7.28. The van der Waals surface area contributed by atoms with E-state index in [4.69, 9.17) is 0 Å². The van der Waals surface area contributed by atoms with Crippen molar-refractivity contribution in [3.8, 4) is 0 Å². The molecule has 0 aromatic carbocycles. The third-order valence-corrected chi connectivity index (χ3v) is 6.37. The largest absolute Gasteiger partial charge is 0.352 e. The van der Waals surface area contributed by atoms with Gasteiger partial charge in [-0.3, -0.25) is 14.6 Å². The first-order valence-electron chi connectivity index (χ1n) is 10.1. The summed E-state index contributed by atoms with van der Waals surface area (Å²) in [5.41, 5.74) is 0.923. The fourth-order valence-electron chi connectivity index (χ4n) is 3.67. The third-order valence-electron chi connectivity index (χ3n) is 5.37. The first kappa shape index (κ1) is 18.9. The molecule has 7 heteroatoms. The van der Waals surface area contributed by atoms with Crippen molar-refractivity contribution in [3.63, 3.8) is 0 Å². The van der Waals surface area contributed by atoms with Gasteiger partial charge in [0.25, 0.3) is 5.91 Å². The van der Waals surface area contributed by atoms with E-state index in [0.717, 1.165) is 42.8 Å². The molecule has 2 aliphatic rings. The predicted molar refractivity (Wildman–Crippen MR) is 111 cm³/mol. The lowest BCUT2D eigenvalue weighted by Gasteiger charge is -2.21. The Morgan fingerprint density at radius 2 is 1.82 bits per heavy atom. The van der Waals surface area contributed by atoms with E-state index < -0.39 is 6.04 Å². The van der Waals surface area contributed by atoms with E-state index in [2.05, 4.69) is 20.9 Å². The highest BCUT2D eigenvalue weighted by Gasteiger charge is 2.31. The van der Waals surface area contributed by atoms with Gasteiger partial charge in [-0.25, -0.2) is 0 Å². The number of pyridine rings is 1. The zero-order valence-electron chi connectivity index (χ0n) is 15.8. The van der Waals surface area contributed by atoms with Gasteiger partial charge in [-0.05, 0) is 49.4 Å². The molecule has 2 fully saturated rings. The highest BCUT2D eigenvalue weighted by molar-refractivity contribution is 7.18. The summed E-state index contributed by atoms with van der Waals surface area (Å²) in [5, 5.41) is 10.2. The molecule has 0 unspecified atom stereocenters. The van der Waals surface area contributed by atoms with E-state index in [1.165, 1.54) is 24.2 Å². The number of thiophene rings is 1. The van der Waals surface area contributed by atoms with Gasteiger partial charge in [0.15, 0.2) is 0 Å². The molecule has 28 heavy (non-hydrogen) atoms. The minimum absolute atomic E-state index is 0.0329. The van der Waals surface area contributed by atoms with Crippen molar-refractivity contribution in [2.24, 2.45) is 5.92 Å². The average molecular weight is 399 g/mol. The van der Waals surface area contributed by atoms with Gasteiger partial charge in [-0.15, -0.1) is 11.3 Å². The molecule has 0 spiro atoms. The van der Waals surface area contributed by atoms with Crippen LogP contribution in [0.4, 0.5) is 10.7 Å². The molecule has 0 saturated heterocycles. The molecule has 2 aliphatic carbocycles. The van der Waals surface area contributed by atoms with Crippen molar-refractivity contribution in [1.29, 1.82) is 0 Å². The topological polar surface area (TPSA) is 83.1 Å². The van der Waals surface area contributed by atoms with Crippen LogP contribution in [0.2, 0.25) is 0 Å². The second-order valence-corrected chi connectivity index (χ2v) is 8.80. The van der Waals surface area contributed by atoms with Gasteiger partial charge in [0.2, 0.25) is 5.91 Å². The van der Waals surface area contributed by atoms with Crippen LogP contribution >= 0.6 is 11.3 Å². The molecular formula is C21H26N4O2S. The van der Waals surface area contributed by atoms with Crippen LogP contribution in [0.15, 0.2) is 36.7 Å². The van der Waals surface area contributed by atoms with Crippen LogP contribution in [-0.2, 0) is 4.79 Å². The molecular weight excluding hydrogens is 372 g/mol. The zero-order chi connectivity index (χ0) is 19.3. The molecule has 2 saturated carbocycles. The van der Waals surface area contributed by atoms with Crippen LogP contribution in [0.1, 0.15) is 54.6 Å². The van der Waals surface area contributed by atoms with E-state index in [1.807, 2.05) is 18.2 Å². The number of hydrogen-bond acceptors (Lipinski definition) is 5. The van der Waals surface area contributed by atoms with Crippen LogP contribution in [0.3, 0.4) is 0 Å². The fraction of sp³-hybridized carbons (Fsp3) is 0.476. The SMILES string of the molecule is O=C(N[C@@H](CC1CCCC1)C(=O)NC1CC1)c1ccc(Nc2ccncc2)s1. The standard InChI is InChI=1S/C21H26N4O2S/c26-20(24-15-5-6-15)17(13-14-3-1-2-4-14)25-21(27)18-7-8-19(28-18)23-16-9-11-22-12-10-16/h7-12,14-15,17H,1-6,13H2,(H,22,23)(H,24,26)(H,25,27)/t17-/m0/s1. The van der Waals surface area contributed by atoms with E-state index in [9.17, 15) is 9.59 Å². The number of anilines is 2. The van der Waals surface area contributed by atoms with Gasteiger partial charge < -0.3 is 16.0 Å². The molecule has 2 amide bonds. The Balaban J connectivity index is 1.39. The maximum absolute atomic E-state index is 12.8. The van der Waals surface area contributed by atoms with Gasteiger partial charge >= 0.3 is 0 Å². The molecule has 3 N–H and O–H groups in total. The van der Waals surface area contributed by atoms with Crippen LogP contribution in [0.5, 0.6) is 0 Å². The summed E-state index contributed by atoms with van der Waals surface area (Å²) in [4.78, 5) is 30.0. The van der Waals surface area contributed by atoms with Crippen molar-refractivity contribution in [2.75, 3.05) is 5.32 Å². The second-order valence-electron chi connectivity index (χ2n) is 7.72. The molecule has 148 valence electrons. The number of nitrogens with one attached hydrogen (secondary N) is 3. The Kier molecular flexibility index (Phi) is 5.90. The highest BCUT2D eigenvalue weighted by atomic mass is 32.1. The molecule has 6 nitrogen and oxygen atoms in total. The summed E-state index contributed by atoms with van der Waals surface area (Å²) < 4.78 is 0. The van der Waals surface area contributed by atoms with Crippen molar-refractivity contribution >= 4 is 33.8 Å². The Morgan fingerprint density at radius 1 is 1.07 bits per heavy atom. The summed E-state index contributed by atoms with van der Waals surface area (Å²) in [6.45, 7) is 0. The predicted octanol–water partition coefficient (Wildman–Crippen LogP) is 3.84. The van der Waals surface area contributed by atoms with E-state index >= 15 is 0 Å². The summed E-state index contributed by atoms with van der Waals surface area (Å²) in [5.74, 6) is 0.318. The second kappa shape index (κ2) is 8.73. The van der Waals surface area contributed by atoms with Gasteiger partial charge in [-0.2, -0.15) is 0 Å². The lowest BCUT2D eigenvalue weighted by molar-refractivity contribution is -0.123. The molecule has 0 radical (unpaired) electrons. The molecule has 2 aromatic rings. The van der Waals surface area contributed by atoms with Crippen LogP contribution in [0, 0.1) is 5.92 Å². The maximum Gasteiger partial charge on any atom is 0.262 e. The highest BCUT2D eigenvalue weighted by Crippen LogP contribution is 2.30. The van der Waals surface area contributed by atoms with Crippen LogP contribution < -0.4 is 16.0 Å². The molecule has 2 aromatic heterocycles. The van der Waals surface area contributed by atoms with Crippen molar-refractivity contribution < 1.29 is 9.59 Å². The monoisotopic (exact) mass is 398 g/mol. The summed E-state index contributed by atoms with van der Waals surface area (Å²) in [6.07, 6.45) is 11.0. The lowest BCUT2D eigenvalue weighted by Crippen LogP contribution is -2.48. The molecule has 0 bridgehead atoms. The number of amides is 2. The van der Waals surface area contributed by atoms with Crippen molar-refractivity contribution in [2.45, 2.75) is 57.0 Å². The van der Waals surface area contributed by atoms with Crippen molar-refractivity contribution in [1.82, 2.24) is 15.6 Å². The first-order chi connectivity index (χ1) is 13.7. The Labute approximate surface area is 169 Å². The number of aromatic nitrogens is 1. The Hall–Kier alpha value is -2.41. The number of nitrogens with zero attached hydrogens (tertiary/aromatic N) is 1. The van der Waals surface area contributed by atoms with E-state index in [0.29, 0.717) is 16.8 Å². The van der Waals surface area contributed by atoms with Crippen LogP contribution in [-0.4, -0.2) is 28.9 Å². The van der Waals surface area contributed by atoms with Gasteiger partial charge in [0, 0.05) is 24.1 Å². The summed E-state index contributed by atoms with van der Waals surface area (Å²) >= 11 is 1.38. The molecule has 2 heterocycles. The van der Waals surface area contributed by atoms with Crippen LogP contribution in [0.25, 0.3) is 0 Å². The number of rotatable bonds is 8. The number of carbonyl (C=O) groups excluding carboxylic acids is 2. The van der Waals surface area contributed by atoms with Gasteiger partial charge in [0.1, 0.15) is 6.04 Å². The maximum atomic E-state index is 12.8. The average Bonchev–Trinajstić information content (AvgIpc) is 3.16. The number of hydrogen-bond donors (Lipinski definition) is 3. The Morgan fingerprint density at radius 3 is 2.54 bits per heavy atom. The molecule has 4 rings (SSSR count). The first-order valence-corrected chi connectivity index (χ1v) is 10.9. The van der Waals surface area contributed by atoms with Crippen molar-refractivity contribution in [3.05, 3.63) is 41.5 Å². The minimum atomic E-state index is -0.449. The Bertz CT molecular complexity index is 813. The minimum Gasteiger partial charge on any atom is -0.352 e. The quantitative estimate of drug-likeness (QED) is 0.631. The van der Waals surface area contributed by atoms with Gasteiger partial charge in [0.05, 0.1) is 9.88 Å². The number of carbonyl (C=O) groups is 2. The summed E-state index contributed by atoms with van der Waals surface area (Å²) in [7, 11) is 0. The normalized spacial score (nSPS) is 17.9. The van der Waals surface area contributed by atoms with E-state index in [-0.39, 0.29) is 11.8 Å². The zero-order valence-corrected chi connectivity index (χ0v) is 16.6. The fourth-order valence-corrected chi connectivity index (χ4v) is 4.50. The lowest BCUT2D eigenvalue weighted by atomic mass is 9.97.